The molecule has 1 aromatic heterocycles. The third kappa shape index (κ3) is 4.95. The molecule has 1 fully saturated rings. The minimum atomic E-state index is -0.0154. The van der Waals surface area contributed by atoms with Gasteiger partial charge in [-0.15, -0.1) is 11.3 Å². The van der Waals surface area contributed by atoms with Crippen molar-refractivity contribution < 1.29 is 9.59 Å². The molecule has 1 aromatic carbocycles. The number of benzene rings is 1. The van der Waals surface area contributed by atoms with Crippen LogP contribution >= 0.6 is 11.3 Å². The highest BCUT2D eigenvalue weighted by Crippen LogP contribution is 2.30. The highest BCUT2D eigenvalue weighted by molar-refractivity contribution is 7.09. The first kappa shape index (κ1) is 19.5. The summed E-state index contributed by atoms with van der Waals surface area (Å²) in [5.41, 5.74) is 3.97. The lowest BCUT2D eigenvalue weighted by atomic mass is 9.97. The summed E-state index contributed by atoms with van der Waals surface area (Å²) in [6.07, 6.45) is 2.81. The standard InChI is InChI=1S/C21H27N3O2S/c1-14-6-7-15(2)19(11-14)21(26)24-10-4-5-17(12-24)20-23-18(13-27-20)8-9-22-16(3)25/h6-7,11,13,17H,4-5,8-10,12H2,1-3H3,(H,22,25)/t17-/m1/s1. The number of hydrogen-bond donors (Lipinski definition) is 1. The minimum absolute atomic E-state index is 0.0154. The lowest BCUT2D eigenvalue weighted by Gasteiger charge is -2.32. The third-order valence-corrected chi connectivity index (χ3v) is 6.06. The molecule has 27 heavy (non-hydrogen) atoms. The van der Waals surface area contributed by atoms with Crippen LogP contribution < -0.4 is 5.32 Å². The van der Waals surface area contributed by atoms with Gasteiger partial charge in [-0.05, 0) is 38.3 Å². The van der Waals surface area contributed by atoms with Crippen molar-refractivity contribution >= 4 is 23.2 Å². The number of rotatable bonds is 5. The van der Waals surface area contributed by atoms with Crippen LogP contribution in [0.1, 0.15) is 57.9 Å². The molecule has 3 rings (SSSR count). The molecule has 1 aliphatic rings. The van der Waals surface area contributed by atoms with Gasteiger partial charge in [0, 0.05) is 49.8 Å². The van der Waals surface area contributed by atoms with Gasteiger partial charge in [0.1, 0.15) is 0 Å². The smallest absolute Gasteiger partial charge is 0.254 e. The van der Waals surface area contributed by atoms with Gasteiger partial charge in [-0.3, -0.25) is 9.59 Å². The molecule has 144 valence electrons. The Kier molecular flexibility index (Phi) is 6.26. The SMILES string of the molecule is CC(=O)NCCc1csc([C@@H]2CCCN(C(=O)c3cc(C)ccc3C)C2)n1. The maximum absolute atomic E-state index is 13.0. The van der Waals surface area contributed by atoms with Crippen LogP contribution in [-0.2, 0) is 11.2 Å². The first-order valence-electron chi connectivity index (χ1n) is 9.49. The van der Waals surface area contributed by atoms with Gasteiger partial charge in [0.15, 0.2) is 0 Å². The topological polar surface area (TPSA) is 62.3 Å². The summed E-state index contributed by atoms with van der Waals surface area (Å²) >= 11 is 1.67. The summed E-state index contributed by atoms with van der Waals surface area (Å²) < 4.78 is 0. The zero-order chi connectivity index (χ0) is 19.4. The second kappa shape index (κ2) is 8.65. The number of nitrogens with zero attached hydrogens (tertiary/aromatic N) is 2. The lowest BCUT2D eigenvalue weighted by molar-refractivity contribution is -0.118. The van der Waals surface area contributed by atoms with Crippen molar-refractivity contribution in [1.29, 1.82) is 0 Å². The summed E-state index contributed by atoms with van der Waals surface area (Å²) in [5, 5.41) is 5.98. The van der Waals surface area contributed by atoms with Crippen molar-refractivity contribution in [2.24, 2.45) is 0 Å². The van der Waals surface area contributed by atoms with Crippen molar-refractivity contribution in [3.05, 3.63) is 51.0 Å². The van der Waals surface area contributed by atoms with E-state index in [1.165, 1.54) is 6.92 Å². The summed E-state index contributed by atoms with van der Waals surface area (Å²) in [6, 6.07) is 6.06. The monoisotopic (exact) mass is 385 g/mol. The fraction of sp³-hybridized carbons (Fsp3) is 0.476. The number of likely N-dealkylation sites (tertiary alicyclic amines) is 1. The molecule has 6 heteroatoms. The van der Waals surface area contributed by atoms with Gasteiger partial charge in [0.25, 0.3) is 5.91 Å². The molecule has 0 spiro atoms. The van der Waals surface area contributed by atoms with Crippen molar-refractivity contribution in [2.75, 3.05) is 19.6 Å². The Hall–Kier alpha value is -2.21. The molecule has 0 unspecified atom stereocenters. The molecule has 0 saturated carbocycles. The van der Waals surface area contributed by atoms with Crippen LogP contribution in [0.3, 0.4) is 0 Å². The summed E-state index contributed by atoms with van der Waals surface area (Å²) in [7, 11) is 0. The van der Waals surface area contributed by atoms with Crippen LogP contribution in [0.2, 0.25) is 0 Å². The highest BCUT2D eigenvalue weighted by atomic mass is 32.1. The molecule has 1 N–H and O–H groups in total. The second-order valence-electron chi connectivity index (χ2n) is 7.32. The van der Waals surface area contributed by atoms with Crippen molar-refractivity contribution in [2.45, 2.75) is 46.0 Å². The van der Waals surface area contributed by atoms with Crippen LogP contribution in [0.5, 0.6) is 0 Å². The van der Waals surface area contributed by atoms with Gasteiger partial charge in [0.2, 0.25) is 5.91 Å². The number of carbonyl (C=O) groups excluding carboxylic acids is 2. The first-order valence-corrected chi connectivity index (χ1v) is 10.4. The molecule has 1 aliphatic heterocycles. The average Bonchev–Trinajstić information content (AvgIpc) is 3.12. The average molecular weight is 386 g/mol. The van der Waals surface area contributed by atoms with Crippen molar-refractivity contribution in [1.82, 2.24) is 15.2 Å². The molecule has 1 saturated heterocycles. The molecule has 2 heterocycles. The molecule has 0 aliphatic carbocycles. The van der Waals surface area contributed by atoms with Crippen LogP contribution in [-0.4, -0.2) is 41.3 Å². The van der Waals surface area contributed by atoms with E-state index in [0.29, 0.717) is 12.5 Å². The Morgan fingerprint density at radius 2 is 2.15 bits per heavy atom. The van der Waals surface area contributed by atoms with Gasteiger partial charge in [-0.1, -0.05) is 17.7 Å². The number of aromatic nitrogens is 1. The van der Waals surface area contributed by atoms with E-state index < -0.39 is 0 Å². The number of aryl methyl sites for hydroxylation is 2. The summed E-state index contributed by atoms with van der Waals surface area (Å²) in [6.45, 7) is 7.69. The normalized spacial score (nSPS) is 17.0. The van der Waals surface area contributed by atoms with Crippen LogP contribution in [0.25, 0.3) is 0 Å². The van der Waals surface area contributed by atoms with E-state index in [1.54, 1.807) is 11.3 Å². The second-order valence-corrected chi connectivity index (χ2v) is 8.21. The molecular formula is C21H27N3O2S. The predicted octanol–water partition coefficient (Wildman–Crippen LogP) is 3.46. The minimum Gasteiger partial charge on any atom is -0.356 e. The Morgan fingerprint density at radius 3 is 2.93 bits per heavy atom. The van der Waals surface area contributed by atoms with Crippen LogP contribution in [0.15, 0.2) is 23.6 Å². The number of amides is 2. The zero-order valence-corrected chi connectivity index (χ0v) is 17.1. The van der Waals surface area contributed by atoms with E-state index in [9.17, 15) is 9.59 Å². The number of nitrogens with one attached hydrogen (secondary N) is 1. The van der Waals surface area contributed by atoms with Gasteiger partial charge in [-0.2, -0.15) is 0 Å². The maximum Gasteiger partial charge on any atom is 0.254 e. The summed E-state index contributed by atoms with van der Waals surface area (Å²) in [5.74, 6) is 0.411. The van der Waals surface area contributed by atoms with E-state index in [2.05, 4.69) is 10.7 Å². The van der Waals surface area contributed by atoms with Gasteiger partial charge < -0.3 is 10.2 Å². The van der Waals surface area contributed by atoms with Crippen LogP contribution in [0, 0.1) is 13.8 Å². The van der Waals surface area contributed by atoms with Crippen LogP contribution in [0.4, 0.5) is 0 Å². The number of thiazole rings is 1. The van der Waals surface area contributed by atoms with E-state index in [-0.39, 0.29) is 11.8 Å². The highest BCUT2D eigenvalue weighted by Gasteiger charge is 2.28. The number of hydrogen-bond acceptors (Lipinski definition) is 4. The molecular weight excluding hydrogens is 358 g/mol. The molecule has 1 atom stereocenters. The van der Waals surface area contributed by atoms with Crippen molar-refractivity contribution in [3.63, 3.8) is 0 Å². The number of carbonyl (C=O) groups is 2. The van der Waals surface area contributed by atoms with E-state index in [4.69, 9.17) is 4.98 Å². The Bertz CT molecular complexity index is 831. The van der Waals surface area contributed by atoms with Gasteiger partial charge >= 0.3 is 0 Å². The predicted molar refractivity (Wildman–Crippen MR) is 108 cm³/mol. The Morgan fingerprint density at radius 1 is 1.33 bits per heavy atom. The largest absolute Gasteiger partial charge is 0.356 e. The third-order valence-electron chi connectivity index (χ3n) is 5.01. The summed E-state index contributed by atoms with van der Waals surface area (Å²) in [4.78, 5) is 30.7. The fourth-order valence-electron chi connectivity index (χ4n) is 3.49. The van der Waals surface area contributed by atoms with E-state index >= 15 is 0 Å². The van der Waals surface area contributed by atoms with Gasteiger partial charge in [0.05, 0.1) is 10.7 Å². The Balaban J connectivity index is 1.65. The first-order chi connectivity index (χ1) is 12.9. The number of piperidine rings is 1. The van der Waals surface area contributed by atoms with E-state index in [1.807, 2.05) is 36.9 Å². The molecule has 0 radical (unpaired) electrons. The molecule has 2 aromatic rings. The lowest BCUT2D eigenvalue weighted by Crippen LogP contribution is -2.39. The fourth-order valence-corrected chi connectivity index (χ4v) is 4.47. The maximum atomic E-state index is 13.0. The van der Waals surface area contributed by atoms with Crippen molar-refractivity contribution in [3.8, 4) is 0 Å². The van der Waals surface area contributed by atoms with E-state index in [0.717, 1.165) is 59.7 Å². The Labute approximate surface area is 164 Å². The zero-order valence-electron chi connectivity index (χ0n) is 16.2. The molecule has 2 amide bonds. The molecule has 5 nitrogen and oxygen atoms in total. The van der Waals surface area contributed by atoms with Gasteiger partial charge in [-0.25, -0.2) is 4.98 Å². The molecule has 0 bridgehead atoms. The quantitative estimate of drug-likeness (QED) is 0.857.